The van der Waals surface area contributed by atoms with E-state index in [1.165, 1.54) is 15.5 Å². The van der Waals surface area contributed by atoms with Crippen LogP contribution in [0.15, 0.2) is 11.1 Å². The van der Waals surface area contributed by atoms with Crippen LogP contribution in [0.4, 0.5) is 0 Å². The highest BCUT2D eigenvalue weighted by Crippen LogP contribution is 2.42. The molecule has 9 heteroatoms. The first-order valence-electron chi connectivity index (χ1n) is 8.60. The molecule has 0 aromatic carbocycles. The maximum atomic E-state index is 12.3. The van der Waals surface area contributed by atoms with Crippen molar-refractivity contribution in [3.8, 4) is 0 Å². The van der Waals surface area contributed by atoms with Crippen LogP contribution in [0.2, 0.25) is 0 Å². The van der Waals surface area contributed by atoms with Gasteiger partial charge in [0.2, 0.25) is 0 Å². The molecule has 0 amide bonds. The number of nitrogens with zero attached hydrogens (tertiary/aromatic N) is 4. The van der Waals surface area contributed by atoms with E-state index in [4.69, 9.17) is 4.74 Å². The van der Waals surface area contributed by atoms with Gasteiger partial charge in [0.25, 0.3) is 5.56 Å². The second-order valence-electron chi connectivity index (χ2n) is 7.92. The fraction of sp³-hybridized carbons (Fsp3) is 0.647. The van der Waals surface area contributed by atoms with Gasteiger partial charge in [-0.05, 0) is 32.3 Å². The van der Waals surface area contributed by atoms with Gasteiger partial charge < -0.3 is 14.9 Å². The van der Waals surface area contributed by atoms with E-state index in [0.29, 0.717) is 11.5 Å². The summed E-state index contributed by atoms with van der Waals surface area (Å²) in [7, 11) is 1.63. The molecule has 1 fully saturated rings. The molecule has 0 saturated carbocycles. The van der Waals surface area contributed by atoms with Gasteiger partial charge in [-0.2, -0.15) is 0 Å². The summed E-state index contributed by atoms with van der Waals surface area (Å²) in [5, 5.41) is 21.1. The number of rotatable bonds is 4. The number of hydrogen-bond donors (Lipinski definition) is 2. The van der Waals surface area contributed by atoms with E-state index >= 15 is 0 Å². The van der Waals surface area contributed by atoms with Gasteiger partial charge in [0, 0.05) is 7.05 Å². The van der Waals surface area contributed by atoms with Crippen LogP contribution in [0.5, 0.6) is 0 Å². The Balaban J connectivity index is 1.97. The lowest BCUT2D eigenvalue weighted by Crippen LogP contribution is -2.36. The highest BCUT2D eigenvalue weighted by Gasteiger charge is 2.46. The van der Waals surface area contributed by atoms with Gasteiger partial charge in [0.15, 0.2) is 17.4 Å². The Bertz CT molecular complexity index is 931. The van der Waals surface area contributed by atoms with E-state index in [0.717, 1.165) is 6.16 Å². The molecule has 1 aliphatic heterocycles. The molecule has 144 valence electrons. The number of hydrogen-bond acceptors (Lipinski definition) is 6. The van der Waals surface area contributed by atoms with Crippen molar-refractivity contribution in [3.05, 3.63) is 22.5 Å². The number of fused-ring (bicyclic) bond motifs is 1. The fourth-order valence-electron chi connectivity index (χ4n) is 3.61. The predicted octanol–water partition coefficient (Wildman–Crippen LogP) is 0.403. The SMILES string of the molecule is C=P(C)(C)CC(C)[C@H]1O[C@@H](n2cnc3c(=O)n(C)c(C)nc32)[C@H](O)[C@@H]1O. The highest BCUT2D eigenvalue weighted by atomic mass is 31.2. The first-order valence-corrected chi connectivity index (χ1v) is 11.7. The summed E-state index contributed by atoms with van der Waals surface area (Å²) in [5.41, 5.74) is 0.303. The van der Waals surface area contributed by atoms with E-state index in [-0.39, 0.29) is 17.0 Å². The first kappa shape index (κ1) is 19.3. The first-order chi connectivity index (χ1) is 12.0. The Kier molecular flexibility index (Phi) is 4.90. The van der Waals surface area contributed by atoms with E-state index in [2.05, 4.69) is 29.6 Å². The molecule has 2 aromatic rings. The second kappa shape index (κ2) is 6.60. The second-order valence-corrected chi connectivity index (χ2v) is 12.2. The van der Waals surface area contributed by atoms with Crippen molar-refractivity contribution < 1.29 is 14.9 Å². The molecule has 0 aliphatic carbocycles. The zero-order valence-corrected chi connectivity index (χ0v) is 16.7. The van der Waals surface area contributed by atoms with Gasteiger partial charge in [-0.25, -0.2) is 9.97 Å². The number of aromatic nitrogens is 4. The molecule has 3 heterocycles. The van der Waals surface area contributed by atoms with Crippen molar-refractivity contribution in [3.63, 3.8) is 0 Å². The van der Waals surface area contributed by atoms with Gasteiger partial charge in [-0.3, -0.25) is 13.9 Å². The summed E-state index contributed by atoms with van der Waals surface area (Å²) in [6.45, 7) is 6.68. The van der Waals surface area contributed by atoms with Crippen molar-refractivity contribution in [2.45, 2.75) is 38.4 Å². The van der Waals surface area contributed by atoms with Gasteiger partial charge in [0.05, 0.1) is 12.4 Å². The van der Waals surface area contributed by atoms with E-state index in [1.54, 1.807) is 14.0 Å². The topological polar surface area (TPSA) is 102 Å². The molecule has 1 unspecified atom stereocenters. The molecule has 3 rings (SSSR count). The molecule has 0 spiro atoms. The molecule has 2 N–H and O–H groups in total. The van der Waals surface area contributed by atoms with E-state index in [1.807, 2.05) is 6.92 Å². The largest absolute Gasteiger partial charge is 0.388 e. The minimum atomic E-state index is -1.31. The molecular formula is C17H27N4O4P. The van der Waals surface area contributed by atoms with Gasteiger partial charge in [-0.1, -0.05) is 6.92 Å². The molecule has 8 nitrogen and oxygen atoms in total. The van der Waals surface area contributed by atoms with E-state index in [9.17, 15) is 15.0 Å². The van der Waals surface area contributed by atoms with Crippen LogP contribution in [0.1, 0.15) is 19.0 Å². The van der Waals surface area contributed by atoms with Crippen LogP contribution in [0, 0.1) is 12.8 Å². The number of imidazole rings is 1. The van der Waals surface area contributed by atoms with Crippen molar-refractivity contribution in [2.24, 2.45) is 13.0 Å². The van der Waals surface area contributed by atoms with Crippen LogP contribution in [-0.2, 0) is 11.8 Å². The van der Waals surface area contributed by atoms with Crippen LogP contribution < -0.4 is 5.56 Å². The Morgan fingerprint density at radius 2 is 2.04 bits per heavy atom. The van der Waals surface area contributed by atoms with Crippen molar-refractivity contribution in [1.82, 2.24) is 19.1 Å². The summed E-state index contributed by atoms with van der Waals surface area (Å²) in [6.07, 6.45) is 2.99. The molecule has 26 heavy (non-hydrogen) atoms. The van der Waals surface area contributed by atoms with E-state index < -0.39 is 31.4 Å². The summed E-state index contributed by atoms with van der Waals surface area (Å²) in [6, 6.07) is 0. The molecule has 1 aliphatic rings. The average molecular weight is 382 g/mol. The van der Waals surface area contributed by atoms with Gasteiger partial charge in [-0.15, -0.1) is 13.2 Å². The van der Waals surface area contributed by atoms with Gasteiger partial charge in [0.1, 0.15) is 18.0 Å². The predicted molar refractivity (Wildman–Crippen MR) is 103 cm³/mol. The standard InChI is InChI=1S/C17H27N4O4P/c1-9(7-26(4,5)6)14-12(22)13(23)17(25-14)21-8-18-11-15(21)19-10(2)20(3)16(11)24/h8-9,12-14,17,22-23H,4,7H2,1-3,5-6H3/t9?,12-,13+,14+,17+/m0/s1. The number of ether oxygens (including phenoxy) is 1. The minimum absolute atomic E-state index is 0.0443. The summed E-state index contributed by atoms with van der Waals surface area (Å²) in [5.74, 6) is 0.577. The molecule has 5 atom stereocenters. The smallest absolute Gasteiger partial charge is 0.281 e. The molecule has 1 saturated heterocycles. The number of aliphatic hydroxyl groups excluding tert-OH is 2. The Labute approximate surface area is 152 Å². The van der Waals surface area contributed by atoms with Crippen LogP contribution in [-0.4, -0.2) is 73.4 Å². The molecule has 0 bridgehead atoms. The quantitative estimate of drug-likeness (QED) is 0.743. The Morgan fingerprint density at radius 1 is 1.38 bits per heavy atom. The number of aryl methyl sites for hydroxylation is 1. The van der Waals surface area contributed by atoms with Crippen molar-refractivity contribution >= 4 is 24.3 Å². The molecule has 2 aromatic heterocycles. The third-order valence-electron chi connectivity index (χ3n) is 4.92. The summed E-state index contributed by atoms with van der Waals surface area (Å²) < 4.78 is 8.98. The third-order valence-corrected chi connectivity index (χ3v) is 6.48. The van der Waals surface area contributed by atoms with Crippen LogP contribution >= 0.6 is 6.89 Å². The summed E-state index contributed by atoms with van der Waals surface area (Å²) >= 11 is 0. The lowest BCUT2D eigenvalue weighted by atomic mass is 10.0. The molecular weight excluding hydrogens is 355 g/mol. The molecule has 0 radical (unpaired) electrons. The summed E-state index contributed by atoms with van der Waals surface area (Å²) in [4.78, 5) is 20.9. The minimum Gasteiger partial charge on any atom is -0.388 e. The monoisotopic (exact) mass is 382 g/mol. The zero-order valence-electron chi connectivity index (χ0n) is 15.8. The lowest BCUT2D eigenvalue weighted by Gasteiger charge is -2.26. The fourth-order valence-corrected chi connectivity index (χ4v) is 5.37. The highest BCUT2D eigenvalue weighted by molar-refractivity contribution is 7.72. The zero-order chi connectivity index (χ0) is 19.4. The van der Waals surface area contributed by atoms with Crippen LogP contribution in [0.25, 0.3) is 11.2 Å². The maximum absolute atomic E-state index is 12.3. The lowest BCUT2D eigenvalue weighted by molar-refractivity contribution is -0.0487. The third kappa shape index (κ3) is 3.27. The van der Waals surface area contributed by atoms with Crippen molar-refractivity contribution in [1.29, 1.82) is 0 Å². The number of aliphatic hydroxyl groups is 2. The Morgan fingerprint density at radius 3 is 2.65 bits per heavy atom. The normalized spacial score (nSPS) is 28.0. The average Bonchev–Trinajstić information content (AvgIpc) is 3.06. The van der Waals surface area contributed by atoms with Crippen LogP contribution in [0.3, 0.4) is 0 Å². The van der Waals surface area contributed by atoms with Crippen molar-refractivity contribution in [2.75, 3.05) is 19.5 Å². The van der Waals surface area contributed by atoms with Gasteiger partial charge >= 0.3 is 0 Å². The maximum Gasteiger partial charge on any atom is 0.281 e. The Hall–Kier alpha value is -1.47.